The molecule has 0 bridgehead atoms. The first-order valence-corrected chi connectivity index (χ1v) is 10.2. The minimum Gasteiger partial charge on any atom is -0.467 e. The molecule has 1 N–H and O–H groups in total. The van der Waals surface area contributed by atoms with Gasteiger partial charge in [-0.2, -0.15) is 0 Å². The van der Waals surface area contributed by atoms with Crippen LogP contribution >= 0.6 is 0 Å². The number of nitrogens with one attached hydrogen (secondary N) is 1. The second-order valence-electron chi connectivity index (χ2n) is 7.23. The van der Waals surface area contributed by atoms with Gasteiger partial charge in [-0.3, -0.25) is 4.98 Å². The molecule has 3 aromatic heterocycles. The molecule has 0 aliphatic heterocycles. The summed E-state index contributed by atoms with van der Waals surface area (Å²) in [5, 5.41) is 3.31. The number of halogens is 1. The van der Waals surface area contributed by atoms with Gasteiger partial charge in [0, 0.05) is 35.2 Å². The number of rotatable bonds is 6. The monoisotopic (exact) mass is 422 g/mol. The maximum atomic E-state index is 13.3. The number of hydrogen-bond donors (Lipinski definition) is 1. The minimum atomic E-state index is -0.270. The van der Waals surface area contributed by atoms with Gasteiger partial charge in [0.2, 0.25) is 0 Å². The Morgan fingerprint density at radius 3 is 2.34 bits per heavy atom. The fraction of sp³-hybridized carbons (Fsp3) is 0.0385. The molecule has 0 radical (unpaired) electrons. The van der Waals surface area contributed by atoms with E-state index in [9.17, 15) is 4.39 Å². The summed E-state index contributed by atoms with van der Waals surface area (Å²) in [6.45, 7) is 0.506. The molecule has 5 rings (SSSR count). The molecule has 6 heteroatoms. The molecule has 3 heterocycles. The Hall–Kier alpha value is -4.32. The number of pyridine rings is 1. The third-order valence-corrected chi connectivity index (χ3v) is 4.99. The smallest absolute Gasteiger partial charge is 0.162 e. The highest BCUT2D eigenvalue weighted by Gasteiger charge is 2.11. The number of benzene rings is 2. The van der Waals surface area contributed by atoms with Crippen molar-refractivity contribution >= 4 is 5.82 Å². The lowest BCUT2D eigenvalue weighted by atomic mass is 10.0. The third kappa shape index (κ3) is 4.39. The fourth-order valence-corrected chi connectivity index (χ4v) is 3.37. The van der Waals surface area contributed by atoms with E-state index in [0.29, 0.717) is 18.2 Å². The highest BCUT2D eigenvalue weighted by molar-refractivity contribution is 5.72. The maximum Gasteiger partial charge on any atom is 0.162 e. The lowest BCUT2D eigenvalue weighted by Gasteiger charge is -2.11. The van der Waals surface area contributed by atoms with Crippen molar-refractivity contribution < 1.29 is 8.81 Å². The zero-order valence-corrected chi connectivity index (χ0v) is 17.1. The molecule has 32 heavy (non-hydrogen) atoms. The van der Waals surface area contributed by atoms with Gasteiger partial charge in [-0.15, -0.1) is 0 Å². The molecule has 0 atom stereocenters. The molecule has 5 aromatic rings. The van der Waals surface area contributed by atoms with Crippen molar-refractivity contribution in [2.24, 2.45) is 0 Å². The summed E-state index contributed by atoms with van der Waals surface area (Å²) in [5.74, 6) is 1.83. The Morgan fingerprint density at radius 1 is 0.750 bits per heavy atom. The van der Waals surface area contributed by atoms with Gasteiger partial charge in [0.25, 0.3) is 0 Å². The Balaban J connectivity index is 1.54. The number of nitrogens with zero attached hydrogens (tertiary/aromatic N) is 3. The van der Waals surface area contributed by atoms with Crippen molar-refractivity contribution in [1.82, 2.24) is 15.0 Å². The number of furan rings is 1. The molecular weight excluding hydrogens is 403 g/mol. The van der Waals surface area contributed by atoms with Gasteiger partial charge >= 0.3 is 0 Å². The largest absolute Gasteiger partial charge is 0.467 e. The van der Waals surface area contributed by atoms with Crippen molar-refractivity contribution in [2.45, 2.75) is 6.54 Å². The molecule has 2 aromatic carbocycles. The van der Waals surface area contributed by atoms with Crippen LogP contribution in [0.15, 0.2) is 102 Å². The fourth-order valence-electron chi connectivity index (χ4n) is 3.37. The van der Waals surface area contributed by atoms with Gasteiger partial charge in [0.15, 0.2) is 5.82 Å². The third-order valence-electron chi connectivity index (χ3n) is 4.99. The van der Waals surface area contributed by atoms with Gasteiger partial charge in [-0.1, -0.05) is 42.5 Å². The van der Waals surface area contributed by atoms with Crippen molar-refractivity contribution in [3.8, 4) is 33.8 Å². The van der Waals surface area contributed by atoms with Crippen LogP contribution in [0, 0.1) is 5.82 Å². The highest BCUT2D eigenvalue weighted by atomic mass is 19.1. The van der Waals surface area contributed by atoms with Crippen LogP contribution in [-0.4, -0.2) is 15.0 Å². The summed E-state index contributed by atoms with van der Waals surface area (Å²) in [6, 6.07) is 23.8. The highest BCUT2D eigenvalue weighted by Crippen LogP contribution is 2.28. The summed E-state index contributed by atoms with van der Waals surface area (Å²) in [5.41, 5.74) is 4.25. The van der Waals surface area contributed by atoms with Gasteiger partial charge in [0.05, 0.1) is 18.5 Å². The molecule has 0 spiro atoms. The van der Waals surface area contributed by atoms with Gasteiger partial charge in [0.1, 0.15) is 17.4 Å². The molecule has 0 fully saturated rings. The Morgan fingerprint density at radius 2 is 1.56 bits per heavy atom. The van der Waals surface area contributed by atoms with Crippen LogP contribution in [0.4, 0.5) is 10.2 Å². The zero-order valence-electron chi connectivity index (χ0n) is 17.1. The summed E-state index contributed by atoms with van der Waals surface area (Å²) >= 11 is 0. The lowest BCUT2D eigenvalue weighted by Crippen LogP contribution is -2.03. The second kappa shape index (κ2) is 8.81. The molecule has 0 unspecified atom stereocenters. The Bertz CT molecular complexity index is 1320. The van der Waals surface area contributed by atoms with E-state index in [1.165, 1.54) is 12.1 Å². The Kier molecular flexibility index (Phi) is 5.41. The average Bonchev–Trinajstić information content (AvgIpc) is 3.37. The van der Waals surface area contributed by atoms with Crippen molar-refractivity contribution in [1.29, 1.82) is 0 Å². The zero-order chi connectivity index (χ0) is 21.8. The van der Waals surface area contributed by atoms with E-state index >= 15 is 0 Å². The lowest BCUT2D eigenvalue weighted by molar-refractivity contribution is 0.518. The molecule has 5 nitrogen and oxygen atoms in total. The SMILES string of the molecule is Fc1ccc(-c2cncc(-c3cc(NCc4ccco4)nc(-c4ccccc4)n3)c2)cc1. The van der Waals surface area contributed by atoms with Crippen LogP contribution < -0.4 is 5.32 Å². The van der Waals surface area contributed by atoms with Crippen LogP contribution in [0.25, 0.3) is 33.8 Å². The normalized spacial score (nSPS) is 10.8. The molecule has 0 amide bonds. The van der Waals surface area contributed by atoms with Gasteiger partial charge < -0.3 is 9.73 Å². The van der Waals surface area contributed by atoms with Crippen molar-refractivity contribution in [3.63, 3.8) is 0 Å². The van der Waals surface area contributed by atoms with E-state index < -0.39 is 0 Å². The first-order chi connectivity index (χ1) is 15.7. The average molecular weight is 422 g/mol. The van der Waals surface area contributed by atoms with E-state index in [1.807, 2.05) is 54.6 Å². The molecule has 156 valence electrons. The van der Waals surface area contributed by atoms with Gasteiger partial charge in [-0.25, -0.2) is 14.4 Å². The summed E-state index contributed by atoms with van der Waals surface area (Å²) < 4.78 is 18.7. The molecule has 0 saturated carbocycles. The van der Waals surface area contributed by atoms with Gasteiger partial charge in [-0.05, 0) is 35.9 Å². The van der Waals surface area contributed by atoms with Crippen LogP contribution in [0.3, 0.4) is 0 Å². The van der Waals surface area contributed by atoms with Crippen LogP contribution in [0.5, 0.6) is 0 Å². The summed E-state index contributed by atoms with van der Waals surface area (Å²) in [4.78, 5) is 13.9. The molecule has 0 aliphatic rings. The number of aromatic nitrogens is 3. The summed E-state index contributed by atoms with van der Waals surface area (Å²) in [6.07, 6.45) is 5.16. The van der Waals surface area contributed by atoms with Crippen LogP contribution in [0.1, 0.15) is 5.76 Å². The molecular formula is C26H19FN4O. The van der Waals surface area contributed by atoms with Crippen molar-refractivity contribution in [3.05, 3.63) is 109 Å². The topological polar surface area (TPSA) is 63.8 Å². The standard InChI is InChI=1S/C26H19FN4O/c27-22-10-8-18(9-11-22)20-13-21(16-28-15-20)24-14-25(29-17-23-7-4-12-32-23)31-26(30-24)19-5-2-1-3-6-19/h1-16H,17H2,(H,29,30,31). The van der Waals surface area contributed by atoms with E-state index in [1.54, 1.807) is 30.8 Å². The predicted octanol–water partition coefficient (Wildman–Crippen LogP) is 6.22. The number of hydrogen-bond acceptors (Lipinski definition) is 5. The summed E-state index contributed by atoms with van der Waals surface area (Å²) in [7, 11) is 0. The predicted molar refractivity (Wildman–Crippen MR) is 122 cm³/mol. The van der Waals surface area contributed by atoms with Crippen LogP contribution in [-0.2, 0) is 6.54 Å². The minimum absolute atomic E-state index is 0.270. The first-order valence-electron chi connectivity index (χ1n) is 10.2. The van der Waals surface area contributed by atoms with E-state index in [4.69, 9.17) is 14.4 Å². The van der Waals surface area contributed by atoms with E-state index in [0.717, 1.165) is 33.7 Å². The quantitative estimate of drug-likeness (QED) is 0.352. The van der Waals surface area contributed by atoms with Crippen LogP contribution in [0.2, 0.25) is 0 Å². The first kappa shape index (κ1) is 19.6. The van der Waals surface area contributed by atoms with E-state index in [2.05, 4.69) is 10.3 Å². The van der Waals surface area contributed by atoms with Crippen molar-refractivity contribution in [2.75, 3.05) is 5.32 Å². The maximum absolute atomic E-state index is 13.3. The second-order valence-corrected chi connectivity index (χ2v) is 7.23. The molecule has 0 aliphatic carbocycles. The Labute approximate surface area is 184 Å². The molecule has 0 saturated heterocycles. The number of anilines is 1. The van der Waals surface area contributed by atoms with E-state index in [-0.39, 0.29) is 5.82 Å².